The van der Waals surface area contributed by atoms with E-state index in [0.717, 1.165) is 11.1 Å². The Hall–Kier alpha value is -2.21. The molecule has 3 aromatic rings. The van der Waals surface area contributed by atoms with Gasteiger partial charge in [0.25, 0.3) is 5.91 Å². The maximum atomic E-state index is 12.2. The van der Waals surface area contributed by atoms with E-state index in [-0.39, 0.29) is 17.1 Å². The van der Waals surface area contributed by atoms with Gasteiger partial charge in [0.1, 0.15) is 5.82 Å². The standard InChI is InChI=1S/C15H16N4OS/c1-15(2,3)14-17-12(18-19-14)13(20)16-10-4-5-11-9(8-10)6-7-21-11/h4-8H,1-3H3,(H,16,20)(H,17,18,19). The average Bonchev–Trinajstić information content (AvgIpc) is 3.06. The quantitative estimate of drug-likeness (QED) is 0.760. The molecule has 108 valence electrons. The number of hydrogen-bond donors (Lipinski definition) is 2. The molecule has 0 saturated heterocycles. The molecule has 2 N–H and O–H groups in total. The van der Waals surface area contributed by atoms with Gasteiger partial charge in [0.15, 0.2) is 0 Å². The van der Waals surface area contributed by atoms with Crippen LogP contribution < -0.4 is 5.32 Å². The van der Waals surface area contributed by atoms with Gasteiger partial charge in [-0.3, -0.25) is 9.89 Å². The average molecular weight is 300 g/mol. The number of carbonyl (C=O) groups is 1. The van der Waals surface area contributed by atoms with E-state index in [2.05, 4.69) is 20.5 Å². The predicted molar refractivity (Wildman–Crippen MR) is 84.9 cm³/mol. The summed E-state index contributed by atoms with van der Waals surface area (Å²) in [5.41, 5.74) is 0.578. The van der Waals surface area contributed by atoms with Crippen molar-refractivity contribution in [1.29, 1.82) is 0 Å². The van der Waals surface area contributed by atoms with Crippen LogP contribution in [0.15, 0.2) is 29.6 Å². The number of anilines is 1. The van der Waals surface area contributed by atoms with Crippen molar-refractivity contribution < 1.29 is 4.79 Å². The minimum atomic E-state index is -0.309. The van der Waals surface area contributed by atoms with Gasteiger partial charge in [-0.1, -0.05) is 20.8 Å². The first-order chi connectivity index (χ1) is 9.93. The molecule has 0 saturated carbocycles. The fourth-order valence-corrected chi connectivity index (χ4v) is 2.70. The Morgan fingerprint density at radius 3 is 2.81 bits per heavy atom. The van der Waals surface area contributed by atoms with Gasteiger partial charge in [-0.2, -0.15) is 0 Å². The lowest BCUT2D eigenvalue weighted by atomic mass is 9.96. The van der Waals surface area contributed by atoms with Gasteiger partial charge in [0.2, 0.25) is 5.82 Å². The Kier molecular flexibility index (Phi) is 3.25. The molecule has 2 aromatic heterocycles. The first kappa shape index (κ1) is 13.8. The largest absolute Gasteiger partial charge is 0.319 e. The van der Waals surface area contributed by atoms with Gasteiger partial charge in [0.05, 0.1) is 0 Å². The molecule has 0 radical (unpaired) electrons. The number of benzene rings is 1. The summed E-state index contributed by atoms with van der Waals surface area (Å²) >= 11 is 1.67. The molecule has 0 aliphatic carbocycles. The Bertz CT molecular complexity index is 797. The van der Waals surface area contributed by atoms with Crippen molar-refractivity contribution >= 4 is 33.0 Å². The number of amides is 1. The maximum Gasteiger partial charge on any atom is 0.295 e. The molecule has 6 heteroatoms. The highest BCUT2D eigenvalue weighted by Gasteiger charge is 2.21. The number of aromatic nitrogens is 3. The Morgan fingerprint density at radius 2 is 2.10 bits per heavy atom. The maximum absolute atomic E-state index is 12.2. The molecule has 3 rings (SSSR count). The SMILES string of the molecule is CC(C)(C)c1nc(C(=O)Nc2ccc3sccc3c2)n[nH]1. The minimum Gasteiger partial charge on any atom is -0.319 e. The number of aromatic amines is 1. The zero-order chi connectivity index (χ0) is 15.0. The zero-order valence-electron chi connectivity index (χ0n) is 12.1. The molecule has 0 unspecified atom stereocenters. The van der Waals surface area contributed by atoms with E-state index in [4.69, 9.17) is 0 Å². The lowest BCUT2D eigenvalue weighted by Crippen LogP contribution is -2.16. The number of nitrogens with zero attached hydrogens (tertiary/aromatic N) is 2. The van der Waals surface area contributed by atoms with Crippen LogP contribution in [0.25, 0.3) is 10.1 Å². The third-order valence-electron chi connectivity index (χ3n) is 3.11. The van der Waals surface area contributed by atoms with Gasteiger partial charge < -0.3 is 5.32 Å². The molecule has 5 nitrogen and oxygen atoms in total. The van der Waals surface area contributed by atoms with Crippen LogP contribution in [0, 0.1) is 0 Å². The van der Waals surface area contributed by atoms with Gasteiger partial charge >= 0.3 is 0 Å². The summed E-state index contributed by atoms with van der Waals surface area (Å²) in [7, 11) is 0. The highest BCUT2D eigenvalue weighted by Crippen LogP contribution is 2.24. The second kappa shape index (κ2) is 4.96. The van der Waals surface area contributed by atoms with Crippen LogP contribution in [0.3, 0.4) is 0 Å². The van der Waals surface area contributed by atoms with E-state index in [1.165, 1.54) is 4.70 Å². The smallest absolute Gasteiger partial charge is 0.295 e. The van der Waals surface area contributed by atoms with Crippen LogP contribution in [0.5, 0.6) is 0 Å². The molecular weight excluding hydrogens is 284 g/mol. The van der Waals surface area contributed by atoms with E-state index in [1.54, 1.807) is 11.3 Å². The summed E-state index contributed by atoms with van der Waals surface area (Å²) in [6.07, 6.45) is 0. The lowest BCUT2D eigenvalue weighted by Gasteiger charge is -2.12. The van der Waals surface area contributed by atoms with Crippen LogP contribution in [-0.4, -0.2) is 21.1 Å². The van der Waals surface area contributed by atoms with Crippen molar-refractivity contribution in [2.24, 2.45) is 0 Å². The molecule has 0 fully saturated rings. The lowest BCUT2D eigenvalue weighted by molar-refractivity contribution is 0.101. The Labute approximate surface area is 126 Å². The fourth-order valence-electron chi connectivity index (χ4n) is 1.93. The fraction of sp³-hybridized carbons (Fsp3) is 0.267. The van der Waals surface area contributed by atoms with Gasteiger partial charge in [-0.15, -0.1) is 16.4 Å². The van der Waals surface area contributed by atoms with E-state index in [0.29, 0.717) is 5.82 Å². The number of thiophene rings is 1. The van der Waals surface area contributed by atoms with Gasteiger partial charge in [0, 0.05) is 15.8 Å². The zero-order valence-corrected chi connectivity index (χ0v) is 12.9. The Balaban J connectivity index is 1.80. The number of carbonyl (C=O) groups excluding carboxylic acids is 1. The monoisotopic (exact) mass is 300 g/mol. The van der Waals surface area contributed by atoms with Gasteiger partial charge in [-0.25, -0.2) is 4.98 Å². The molecular formula is C15H16N4OS. The number of rotatable bonds is 2. The molecule has 2 heterocycles. The van der Waals surface area contributed by atoms with E-state index < -0.39 is 0 Å². The second-order valence-electron chi connectivity index (χ2n) is 5.88. The molecule has 0 aliphatic rings. The van der Waals surface area contributed by atoms with Crippen LogP contribution in [0.1, 0.15) is 37.2 Å². The normalized spacial score (nSPS) is 11.8. The summed E-state index contributed by atoms with van der Waals surface area (Å²) < 4.78 is 1.20. The van der Waals surface area contributed by atoms with Crippen LogP contribution in [0.4, 0.5) is 5.69 Å². The van der Waals surface area contributed by atoms with Gasteiger partial charge in [-0.05, 0) is 35.0 Å². The van der Waals surface area contributed by atoms with Crippen molar-refractivity contribution in [1.82, 2.24) is 15.2 Å². The summed E-state index contributed by atoms with van der Waals surface area (Å²) in [6, 6.07) is 7.85. The number of fused-ring (bicyclic) bond motifs is 1. The minimum absolute atomic E-state index is 0.158. The van der Waals surface area contributed by atoms with Crippen molar-refractivity contribution in [2.75, 3.05) is 5.32 Å². The first-order valence-electron chi connectivity index (χ1n) is 6.65. The number of H-pyrrole nitrogens is 1. The molecule has 1 aromatic carbocycles. The molecule has 21 heavy (non-hydrogen) atoms. The molecule has 0 atom stereocenters. The molecule has 0 spiro atoms. The number of hydrogen-bond acceptors (Lipinski definition) is 4. The first-order valence-corrected chi connectivity index (χ1v) is 7.53. The van der Waals surface area contributed by atoms with Crippen LogP contribution in [-0.2, 0) is 5.41 Å². The van der Waals surface area contributed by atoms with Crippen molar-refractivity contribution in [3.05, 3.63) is 41.3 Å². The second-order valence-corrected chi connectivity index (χ2v) is 6.83. The summed E-state index contributed by atoms with van der Waals surface area (Å²) in [5.74, 6) is 0.544. The van der Waals surface area contributed by atoms with Crippen LogP contribution >= 0.6 is 11.3 Å². The van der Waals surface area contributed by atoms with E-state index in [1.807, 2.05) is 50.4 Å². The molecule has 1 amide bonds. The Morgan fingerprint density at radius 1 is 1.29 bits per heavy atom. The summed E-state index contributed by atoms with van der Waals surface area (Å²) in [4.78, 5) is 16.4. The molecule has 0 bridgehead atoms. The van der Waals surface area contributed by atoms with Crippen molar-refractivity contribution in [2.45, 2.75) is 26.2 Å². The van der Waals surface area contributed by atoms with E-state index in [9.17, 15) is 4.79 Å². The summed E-state index contributed by atoms with van der Waals surface area (Å²) in [6.45, 7) is 6.04. The van der Waals surface area contributed by atoms with Crippen molar-refractivity contribution in [3.8, 4) is 0 Å². The predicted octanol–water partition coefficient (Wildman–Crippen LogP) is 3.57. The topological polar surface area (TPSA) is 70.7 Å². The highest BCUT2D eigenvalue weighted by molar-refractivity contribution is 7.17. The van der Waals surface area contributed by atoms with E-state index >= 15 is 0 Å². The van der Waals surface area contributed by atoms with Crippen molar-refractivity contribution in [3.63, 3.8) is 0 Å². The third kappa shape index (κ3) is 2.80. The summed E-state index contributed by atoms with van der Waals surface area (Å²) in [5, 5.41) is 12.8. The molecule has 0 aliphatic heterocycles. The third-order valence-corrected chi connectivity index (χ3v) is 4.01. The number of nitrogens with one attached hydrogen (secondary N) is 2. The highest BCUT2D eigenvalue weighted by atomic mass is 32.1. The van der Waals surface area contributed by atoms with Crippen LogP contribution in [0.2, 0.25) is 0 Å².